The van der Waals surface area contributed by atoms with E-state index in [0.717, 1.165) is 12.8 Å². The van der Waals surface area contributed by atoms with Crippen molar-refractivity contribution in [1.29, 1.82) is 0 Å². The minimum Gasteiger partial charge on any atom is -0.311 e. The number of carbonyl (C=O) groups excluding carboxylic acids is 1. The molecule has 1 atom stereocenters. The normalized spacial score (nSPS) is 22.3. The van der Waals surface area contributed by atoms with Gasteiger partial charge in [0, 0.05) is 0 Å². The molecule has 1 N–H and O–H groups in total. The number of urea groups is 1. The van der Waals surface area contributed by atoms with Crippen LogP contribution in [0.4, 0.5) is 4.79 Å². The van der Waals surface area contributed by atoms with E-state index in [1.807, 2.05) is 0 Å². The van der Waals surface area contributed by atoms with Gasteiger partial charge in [0.25, 0.3) is 0 Å². The van der Waals surface area contributed by atoms with Gasteiger partial charge in [-0.05, 0) is 12.8 Å². The molecule has 0 saturated heterocycles. The fourth-order valence-electron chi connectivity index (χ4n) is 1.04. The van der Waals surface area contributed by atoms with Crippen molar-refractivity contribution in [2.24, 2.45) is 10.2 Å². The van der Waals surface area contributed by atoms with Crippen LogP contribution in [0.25, 0.3) is 0 Å². The molecule has 0 bridgehead atoms. The highest BCUT2D eigenvalue weighted by atomic mass is 16.2. The molecule has 4 nitrogen and oxygen atoms in total. The number of unbranched alkanes of at least 4 members (excludes halogenated alkanes) is 2. The van der Waals surface area contributed by atoms with Gasteiger partial charge in [0.15, 0.2) is 0 Å². The molecule has 0 aromatic carbocycles. The van der Waals surface area contributed by atoms with E-state index in [1.54, 1.807) is 0 Å². The topological polar surface area (TPSA) is 53.8 Å². The maximum absolute atomic E-state index is 10.5. The molecule has 2 amide bonds. The molecule has 1 rings (SSSR count). The van der Waals surface area contributed by atoms with Crippen LogP contribution in [0.3, 0.4) is 0 Å². The highest BCUT2D eigenvalue weighted by molar-refractivity contribution is 5.75. The molecule has 0 aliphatic carbocycles. The molecule has 1 aliphatic rings. The van der Waals surface area contributed by atoms with Gasteiger partial charge in [-0.3, -0.25) is 0 Å². The van der Waals surface area contributed by atoms with Crippen LogP contribution in [-0.2, 0) is 0 Å². The third-order valence-corrected chi connectivity index (χ3v) is 1.66. The zero-order chi connectivity index (χ0) is 8.10. The van der Waals surface area contributed by atoms with Crippen LogP contribution in [-0.4, -0.2) is 12.2 Å². The lowest BCUT2D eigenvalue weighted by Gasteiger charge is -2.03. The van der Waals surface area contributed by atoms with Crippen molar-refractivity contribution in [3.05, 3.63) is 0 Å². The van der Waals surface area contributed by atoms with Crippen LogP contribution in [0.2, 0.25) is 0 Å². The Hall–Kier alpha value is -0.930. The highest BCUT2D eigenvalue weighted by Crippen LogP contribution is 2.08. The summed E-state index contributed by atoms with van der Waals surface area (Å²) in [5.41, 5.74) is 0. The summed E-state index contributed by atoms with van der Waals surface area (Å²) in [4.78, 5) is 10.5. The second kappa shape index (κ2) is 4.05. The van der Waals surface area contributed by atoms with Crippen LogP contribution in [0, 0.1) is 0 Å². The number of nitrogens with one attached hydrogen (secondary N) is 1. The Morgan fingerprint density at radius 2 is 2.36 bits per heavy atom. The van der Waals surface area contributed by atoms with E-state index < -0.39 is 0 Å². The van der Waals surface area contributed by atoms with Gasteiger partial charge in [-0.2, -0.15) is 5.11 Å². The first-order valence-corrected chi connectivity index (χ1v) is 4.04. The Labute approximate surface area is 66.1 Å². The number of hydrogen-bond donors (Lipinski definition) is 1. The smallest absolute Gasteiger partial charge is 0.311 e. The van der Waals surface area contributed by atoms with E-state index in [9.17, 15) is 4.79 Å². The molecular formula is C7H13N3O. The summed E-state index contributed by atoms with van der Waals surface area (Å²) < 4.78 is 0. The van der Waals surface area contributed by atoms with Crippen LogP contribution in [0.1, 0.15) is 32.6 Å². The van der Waals surface area contributed by atoms with Gasteiger partial charge in [0.1, 0.15) is 6.17 Å². The van der Waals surface area contributed by atoms with E-state index >= 15 is 0 Å². The van der Waals surface area contributed by atoms with E-state index in [4.69, 9.17) is 0 Å². The standard InChI is InChI=1S/C7H13N3O/c1-2-3-4-5-6-8-7(11)10-9-6/h6H,2-5H2,1H3,(H,8,11). The molecule has 1 aliphatic heterocycles. The third-order valence-electron chi connectivity index (χ3n) is 1.66. The SMILES string of the molecule is CCCCCC1N=NC(=O)N1. The lowest BCUT2D eigenvalue weighted by atomic mass is 10.2. The summed E-state index contributed by atoms with van der Waals surface area (Å²) in [6, 6.07) is -0.300. The molecule has 0 saturated carbocycles. The second-order valence-electron chi connectivity index (χ2n) is 2.68. The Morgan fingerprint density at radius 1 is 1.55 bits per heavy atom. The molecule has 1 unspecified atom stereocenters. The van der Waals surface area contributed by atoms with Gasteiger partial charge in [-0.1, -0.05) is 24.9 Å². The summed E-state index contributed by atoms with van der Waals surface area (Å²) in [5, 5.41) is 9.76. The molecule has 0 radical (unpaired) electrons. The second-order valence-corrected chi connectivity index (χ2v) is 2.68. The van der Waals surface area contributed by atoms with Crippen molar-refractivity contribution in [3.8, 4) is 0 Å². The molecule has 1 heterocycles. The van der Waals surface area contributed by atoms with Crippen LogP contribution < -0.4 is 5.32 Å². The average molecular weight is 155 g/mol. The van der Waals surface area contributed by atoms with Gasteiger partial charge in [0.2, 0.25) is 0 Å². The van der Waals surface area contributed by atoms with Crippen molar-refractivity contribution >= 4 is 6.03 Å². The zero-order valence-corrected chi connectivity index (χ0v) is 6.71. The molecule has 62 valence electrons. The lowest BCUT2D eigenvalue weighted by molar-refractivity contribution is 0.250. The van der Waals surface area contributed by atoms with Crippen molar-refractivity contribution in [2.75, 3.05) is 0 Å². The molecule has 0 fully saturated rings. The fourth-order valence-corrected chi connectivity index (χ4v) is 1.04. The van der Waals surface area contributed by atoms with Gasteiger partial charge in [-0.25, -0.2) is 4.79 Å². The van der Waals surface area contributed by atoms with Crippen LogP contribution in [0.5, 0.6) is 0 Å². The maximum Gasteiger partial charge on any atom is 0.361 e. The Bertz CT molecular complexity index is 167. The Morgan fingerprint density at radius 3 is 2.91 bits per heavy atom. The van der Waals surface area contributed by atoms with Gasteiger partial charge >= 0.3 is 6.03 Å². The van der Waals surface area contributed by atoms with Crippen molar-refractivity contribution < 1.29 is 4.79 Å². The molecule has 0 aromatic heterocycles. The van der Waals surface area contributed by atoms with Crippen LogP contribution in [0.15, 0.2) is 10.2 Å². The molecule has 0 aromatic rings. The monoisotopic (exact) mass is 155 g/mol. The number of carbonyl (C=O) groups is 1. The van der Waals surface area contributed by atoms with Gasteiger partial charge < -0.3 is 5.32 Å². The largest absolute Gasteiger partial charge is 0.361 e. The van der Waals surface area contributed by atoms with Crippen molar-refractivity contribution in [2.45, 2.75) is 38.8 Å². The predicted molar refractivity (Wildman–Crippen MR) is 41.3 cm³/mol. The number of rotatable bonds is 4. The average Bonchev–Trinajstić information content (AvgIpc) is 2.37. The number of azo groups is 1. The van der Waals surface area contributed by atoms with Crippen LogP contribution >= 0.6 is 0 Å². The van der Waals surface area contributed by atoms with E-state index in [2.05, 4.69) is 22.5 Å². The van der Waals surface area contributed by atoms with E-state index in [0.29, 0.717) is 0 Å². The minimum absolute atomic E-state index is 0.0472. The molecule has 4 heteroatoms. The van der Waals surface area contributed by atoms with Crippen molar-refractivity contribution in [3.63, 3.8) is 0 Å². The molecular weight excluding hydrogens is 142 g/mol. The number of hydrogen-bond acceptors (Lipinski definition) is 2. The quantitative estimate of drug-likeness (QED) is 0.621. The fraction of sp³-hybridized carbons (Fsp3) is 0.857. The Balaban J connectivity index is 2.09. The highest BCUT2D eigenvalue weighted by Gasteiger charge is 2.15. The summed E-state index contributed by atoms with van der Waals surface area (Å²) in [6.45, 7) is 2.15. The first kappa shape index (κ1) is 8.17. The summed E-state index contributed by atoms with van der Waals surface area (Å²) in [6.07, 6.45) is 4.37. The van der Waals surface area contributed by atoms with E-state index in [1.165, 1.54) is 12.8 Å². The van der Waals surface area contributed by atoms with E-state index in [-0.39, 0.29) is 12.2 Å². The van der Waals surface area contributed by atoms with Crippen molar-refractivity contribution in [1.82, 2.24) is 5.32 Å². The first-order chi connectivity index (χ1) is 5.33. The lowest BCUT2D eigenvalue weighted by Crippen LogP contribution is -2.24. The summed E-state index contributed by atoms with van der Waals surface area (Å²) in [7, 11) is 0. The number of nitrogens with zero attached hydrogens (tertiary/aromatic N) is 2. The van der Waals surface area contributed by atoms with Gasteiger partial charge in [-0.15, -0.1) is 0 Å². The zero-order valence-electron chi connectivity index (χ0n) is 6.71. The predicted octanol–water partition coefficient (Wildman–Crippen LogP) is 2.07. The minimum atomic E-state index is -0.300. The summed E-state index contributed by atoms with van der Waals surface area (Å²) in [5.74, 6) is 0. The molecule has 11 heavy (non-hydrogen) atoms. The summed E-state index contributed by atoms with van der Waals surface area (Å²) >= 11 is 0. The first-order valence-electron chi connectivity index (χ1n) is 4.04. The molecule has 0 spiro atoms. The maximum atomic E-state index is 10.5. The number of amides is 2. The third kappa shape index (κ3) is 2.65. The Kier molecular flexibility index (Phi) is 3.01. The van der Waals surface area contributed by atoms with Gasteiger partial charge in [0.05, 0.1) is 0 Å².